The molecule has 0 bridgehead atoms. The Labute approximate surface area is 154 Å². The summed E-state index contributed by atoms with van der Waals surface area (Å²) < 4.78 is 0. The molecule has 2 atom stereocenters. The van der Waals surface area contributed by atoms with E-state index in [0.717, 1.165) is 11.1 Å². The van der Waals surface area contributed by atoms with Crippen molar-refractivity contribution in [3.8, 4) is 11.4 Å². The van der Waals surface area contributed by atoms with Gasteiger partial charge in [0, 0.05) is 49.0 Å². The van der Waals surface area contributed by atoms with Gasteiger partial charge in [-0.05, 0) is 11.5 Å². The van der Waals surface area contributed by atoms with Crippen LogP contribution in [0.15, 0.2) is 61.4 Å². The Balaban J connectivity index is 1.71. The van der Waals surface area contributed by atoms with Gasteiger partial charge in [-0.25, -0.2) is 19.9 Å². The highest BCUT2D eigenvalue weighted by atomic mass is 15.0. The van der Waals surface area contributed by atoms with Crippen molar-refractivity contribution in [2.24, 2.45) is 11.7 Å². The van der Waals surface area contributed by atoms with Gasteiger partial charge in [0.2, 0.25) is 0 Å². The average molecular weight is 348 g/mol. The van der Waals surface area contributed by atoms with Gasteiger partial charge in [-0.1, -0.05) is 44.2 Å². The van der Waals surface area contributed by atoms with Gasteiger partial charge in [-0.15, -0.1) is 0 Å². The Bertz CT molecular complexity index is 790. The second-order valence-corrected chi connectivity index (χ2v) is 6.63. The van der Waals surface area contributed by atoms with Crippen molar-refractivity contribution < 1.29 is 0 Å². The summed E-state index contributed by atoms with van der Waals surface area (Å²) in [6.07, 6.45) is 8.54. The predicted octanol–water partition coefficient (Wildman–Crippen LogP) is 2.75. The zero-order valence-corrected chi connectivity index (χ0v) is 15.1. The van der Waals surface area contributed by atoms with Crippen LogP contribution in [0.1, 0.15) is 31.0 Å². The van der Waals surface area contributed by atoms with Crippen molar-refractivity contribution in [1.82, 2.24) is 25.3 Å². The molecule has 26 heavy (non-hydrogen) atoms. The summed E-state index contributed by atoms with van der Waals surface area (Å²) in [5, 5.41) is 3.56. The molecule has 0 saturated carbocycles. The lowest BCUT2D eigenvalue weighted by atomic mass is 9.91. The molecule has 2 heterocycles. The summed E-state index contributed by atoms with van der Waals surface area (Å²) in [4.78, 5) is 16.8. The van der Waals surface area contributed by atoms with E-state index in [9.17, 15) is 0 Å². The monoisotopic (exact) mass is 348 g/mol. The standard InChI is InChI=1S/C20H24N6/c1-14(2)18(21)19(16-6-4-3-5-7-16)24-8-15-9-25-20(26-10-15)17-11-22-13-23-12-17/h3-7,9-14,18-19,24H,8,21H2,1-2H3. The molecule has 6 nitrogen and oxygen atoms in total. The van der Waals surface area contributed by atoms with Crippen molar-refractivity contribution >= 4 is 0 Å². The molecule has 3 N–H and O–H groups in total. The maximum atomic E-state index is 6.45. The maximum absolute atomic E-state index is 6.45. The SMILES string of the molecule is CC(C)C(N)C(NCc1cnc(-c2cncnc2)nc1)c1ccccc1. The molecule has 2 aromatic heterocycles. The molecule has 3 rings (SSSR count). The van der Waals surface area contributed by atoms with Crippen molar-refractivity contribution in [1.29, 1.82) is 0 Å². The lowest BCUT2D eigenvalue weighted by Crippen LogP contribution is -2.41. The Morgan fingerprint density at radius 1 is 0.962 bits per heavy atom. The minimum Gasteiger partial charge on any atom is -0.326 e. The number of nitrogens with two attached hydrogens (primary N) is 1. The summed E-state index contributed by atoms with van der Waals surface area (Å²) in [6.45, 7) is 4.93. The Kier molecular flexibility index (Phi) is 5.99. The largest absolute Gasteiger partial charge is 0.326 e. The smallest absolute Gasteiger partial charge is 0.162 e. The van der Waals surface area contributed by atoms with E-state index in [0.29, 0.717) is 18.3 Å². The highest BCUT2D eigenvalue weighted by Gasteiger charge is 2.22. The molecular weight excluding hydrogens is 324 g/mol. The fourth-order valence-corrected chi connectivity index (χ4v) is 2.76. The summed E-state index contributed by atoms with van der Waals surface area (Å²) >= 11 is 0. The number of rotatable bonds is 7. The third-order valence-electron chi connectivity index (χ3n) is 4.36. The first kappa shape index (κ1) is 18.1. The van der Waals surface area contributed by atoms with E-state index in [4.69, 9.17) is 5.73 Å². The second-order valence-electron chi connectivity index (χ2n) is 6.63. The lowest BCUT2D eigenvalue weighted by molar-refractivity contribution is 0.363. The molecule has 134 valence electrons. The highest BCUT2D eigenvalue weighted by Crippen LogP contribution is 2.21. The van der Waals surface area contributed by atoms with Crippen molar-refractivity contribution in [3.05, 3.63) is 72.6 Å². The number of nitrogens with one attached hydrogen (secondary N) is 1. The van der Waals surface area contributed by atoms with Crippen LogP contribution in [0.25, 0.3) is 11.4 Å². The van der Waals surface area contributed by atoms with Gasteiger partial charge in [0.25, 0.3) is 0 Å². The molecule has 6 heteroatoms. The summed E-state index contributed by atoms with van der Waals surface area (Å²) in [5.74, 6) is 0.984. The molecule has 0 amide bonds. The lowest BCUT2D eigenvalue weighted by Gasteiger charge is -2.28. The third-order valence-corrected chi connectivity index (χ3v) is 4.36. The van der Waals surface area contributed by atoms with E-state index < -0.39 is 0 Å². The van der Waals surface area contributed by atoms with Gasteiger partial charge >= 0.3 is 0 Å². The van der Waals surface area contributed by atoms with E-state index in [1.165, 1.54) is 11.9 Å². The topological polar surface area (TPSA) is 89.6 Å². The first-order valence-corrected chi connectivity index (χ1v) is 8.75. The molecule has 3 aromatic rings. The molecule has 0 aliphatic carbocycles. The molecule has 0 radical (unpaired) electrons. The Morgan fingerprint density at radius 3 is 2.23 bits per heavy atom. The van der Waals surface area contributed by atoms with Gasteiger partial charge in [-0.3, -0.25) is 0 Å². The molecular formula is C20H24N6. The fourth-order valence-electron chi connectivity index (χ4n) is 2.76. The van der Waals surface area contributed by atoms with Crippen LogP contribution in [0.3, 0.4) is 0 Å². The van der Waals surface area contributed by atoms with Gasteiger partial charge in [0.15, 0.2) is 5.82 Å². The number of hydrogen-bond acceptors (Lipinski definition) is 6. The zero-order chi connectivity index (χ0) is 18.4. The first-order valence-electron chi connectivity index (χ1n) is 8.75. The Morgan fingerprint density at radius 2 is 1.62 bits per heavy atom. The first-order chi connectivity index (χ1) is 12.6. The van der Waals surface area contributed by atoms with E-state index >= 15 is 0 Å². The minimum absolute atomic E-state index is 0.0130. The quantitative estimate of drug-likeness (QED) is 0.682. The van der Waals surface area contributed by atoms with Crippen LogP contribution < -0.4 is 11.1 Å². The number of benzene rings is 1. The molecule has 0 spiro atoms. The zero-order valence-electron chi connectivity index (χ0n) is 15.1. The summed E-state index contributed by atoms with van der Waals surface area (Å²) in [6, 6.07) is 10.4. The molecule has 1 aromatic carbocycles. The van der Waals surface area contributed by atoms with E-state index in [2.05, 4.69) is 51.2 Å². The molecule has 0 fully saturated rings. The van der Waals surface area contributed by atoms with Gasteiger partial charge in [-0.2, -0.15) is 0 Å². The predicted molar refractivity (Wildman–Crippen MR) is 102 cm³/mol. The molecule has 0 aliphatic rings. The van der Waals surface area contributed by atoms with Crippen LogP contribution in [0.4, 0.5) is 0 Å². The fraction of sp³-hybridized carbons (Fsp3) is 0.300. The van der Waals surface area contributed by atoms with Crippen molar-refractivity contribution in [3.63, 3.8) is 0 Å². The summed E-state index contributed by atoms with van der Waals surface area (Å²) in [7, 11) is 0. The van der Waals surface area contributed by atoms with Crippen LogP contribution in [-0.4, -0.2) is 26.0 Å². The molecule has 0 aliphatic heterocycles. The average Bonchev–Trinajstić information content (AvgIpc) is 2.70. The van der Waals surface area contributed by atoms with Gasteiger partial charge in [0.05, 0.1) is 5.56 Å². The number of aromatic nitrogens is 4. The molecule has 2 unspecified atom stereocenters. The van der Waals surface area contributed by atoms with Crippen LogP contribution in [0.5, 0.6) is 0 Å². The normalized spacial score (nSPS) is 13.5. The number of hydrogen-bond donors (Lipinski definition) is 2. The van der Waals surface area contributed by atoms with E-state index in [1.807, 2.05) is 30.6 Å². The van der Waals surface area contributed by atoms with Crippen LogP contribution >= 0.6 is 0 Å². The van der Waals surface area contributed by atoms with Crippen LogP contribution in [0, 0.1) is 5.92 Å². The van der Waals surface area contributed by atoms with Crippen molar-refractivity contribution in [2.75, 3.05) is 0 Å². The highest BCUT2D eigenvalue weighted by molar-refractivity contribution is 5.50. The summed E-state index contributed by atoms with van der Waals surface area (Å²) in [5.41, 5.74) is 9.44. The van der Waals surface area contributed by atoms with Crippen LogP contribution in [-0.2, 0) is 6.54 Å². The van der Waals surface area contributed by atoms with E-state index in [-0.39, 0.29) is 12.1 Å². The molecule has 0 saturated heterocycles. The van der Waals surface area contributed by atoms with Crippen molar-refractivity contribution in [2.45, 2.75) is 32.5 Å². The number of nitrogens with zero attached hydrogens (tertiary/aromatic N) is 4. The Hall–Kier alpha value is -2.70. The van der Waals surface area contributed by atoms with Gasteiger partial charge < -0.3 is 11.1 Å². The van der Waals surface area contributed by atoms with Gasteiger partial charge in [0.1, 0.15) is 6.33 Å². The van der Waals surface area contributed by atoms with Crippen LogP contribution in [0.2, 0.25) is 0 Å². The maximum Gasteiger partial charge on any atom is 0.162 e. The van der Waals surface area contributed by atoms with E-state index in [1.54, 1.807) is 12.4 Å². The third kappa shape index (κ3) is 4.47. The minimum atomic E-state index is 0.0130. The second kappa shape index (κ2) is 8.60.